The summed E-state index contributed by atoms with van der Waals surface area (Å²) in [6.45, 7) is 7.47. The second-order valence-electron chi connectivity index (χ2n) is 7.34. The fourth-order valence-electron chi connectivity index (χ4n) is 3.52. The summed E-state index contributed by atoms with van der Waals surface area (Å²) in [4.78, 5) is 0. The van der Waals surface area contributed by atoms with E-state index in [1.165, 1.54) is 12.8 Å². The van der Waals surface area contributed by atoms with Crippen molar-refractivity contribution in [3.05, 3.63) is 0 Å². The molecular weight excluding hydrogens is 238 g/mol. The lowest BCUT2D eigenvalue weighted by molar-refractivity contribution is -0.0664. The van der Waals surface area contributed by atoms with Crippen LogP contribution in [0.15, 0.2) is 0 Å². The number of aliphatic hydroxyl groups is 1. The molecular formula is C16H31NO2. The first-order valence-electron chi connectivity index (χ1n) is 7.97. The first-order valence-corrected chi connectivity index (χ1v) is 7.97. The van der Waals surface area contributed by atoms with E-state index >= 15 is 0 Å². The van der Waals surface area contributed by atoms with Crippen LogP contribution >= 0.6 is 0 Å². The van der Waals surface area contributed by atoms with Crippen LogP contribution in [-0.2, 0) is 4.74 Å². The minimum absolute atomic E-state index is 0.0479. The van der Waals surface area contributed by atoms with Crippen LogP contribution in [0, 0.1) is 23.7 Å². The summed E-state index contributed by atoms with van der Waals surface area (Å²) in [7, 11) is 0. The summed E-state index contributed by atoms with van der Waals surface area (Å²) >= 11 is 0. The normalized spacial score (nSPS) is 35.4. The predicted octanol–water partition coefficient (Wildman–Crippen LogP) is 2.56. The molecule has 4 atom stereocenters. The highest BCUT2D eigenvalue weighted by Gasteiger charge is 2.43. The Balaban J connectivity index is 1.91. The minimum Gasteiger partial charge on any atom is -0.394 e. The fraction of sp³-hybridized carbons (Fsp3) is 1.00. The molecule has 0 aromatic heterocycles. The molecule has 0 heterocycles. The van der Waals surface area contributed by atoms with E-state index in [2.05, 4.69) is 20.8 Å². The van der Waals surface area contributed by atoms with Gasteiger partial charge in [0.15, 0.2) is 0 Å². The molecule has 2 aliphatic carbocycles. The van der Waals surface area contributed by atoms with Gasteiger partial charge in [-0.25, -0.2) is 0 Å². The molecule has 112 valence electrons. The molecule has 3 heteroatoms. The van der Waals surface area contributed by atoms with Crippen LogP contribution in [0.5, 0.6) is 0 Å². The molecule has 0 bridgehead atoms. The summed E-state index contributed by atoms with van der Waals surface area (Å²) in [6, 6.07) is 0. The maximum Gasteiger partial charge on any atom is 0.0675 e. The zero-order chi connectivity index (χ0) is 14.0. The van der Waals surface area contributed by atoms with E-state index in [0.717, 1.165) is 25.2 Å². The Morgan fingerprint density at radius 3 is 2.47 bits per heavy atom. The van der Waals surface area contributed by atoms with Crippen molar-refractivity contribution < 1.29 is 9.84 Å². The molecule has 3 nitrogen and oxygen atoms in total. The number of hydrogen-bond acceptors (Lipinski definition) is 3. The summed E-state index contributed by atoms with van der Waals surface area (Å²) in [5, 5.41) is 9.55. The van der Waals surface area contributed by atoms with Gasteiger partial charge in [0.2, 0.25) is 0 Å². The summed E-state index contributed by atoms with van der Waals surface area (Å²) in [5.41, 5.74) is 5.80. The standard InChI is InChI=1S/C16H31NO2/c1-11(2)14-7-4-12(3)8-15(14)19-10-16(17,9-18)13-5-6-13/h11-15,18H,4-10,17H2,1-3H3. The average Bonchev–Trinajstić information content (AvgIpc) is 3.20. The van der Waals surface area contributed by atoms with Crippen molar-refractivity contribution in [3.8, 4) is 0 Å². The van der Waals surface area contributed by atoms with Crippen LogP contribution in [0.2, 0.25) is 0 Å². The molecule has 0 amide bonds. The highest BCUT2D eigenvalue weighted by molar-refractivity contribution is 4.98. The predicted molar refractivity (Wildman–Crippen MR) is 77.8 cm³/mol. The van der Waals surface area contributed by atoms with E-state index in [1.807, 2.05) is 0 Å². The molecule has 2 fully saturated rings. The first kappa shape index (κ1) is 15.3. The Morgan fingerprint density at radius 1 is 1.26 bits per heavy atom. The molecule has 0 radical (unpaired) electrons. The van der Waals surface area contributed by atoms with Crippen LogP contribution in [-0.4, -0.2) is 30.0 Å². The molecule has 0 aromatic carbocycles. The monoisotopic (exact) mass is 269 g/mol. The van der Waals surface area contributed by atoms with Gasteiger partial charge in [0.25, 0.3) is 0 Å². The van der Waals surface area contributed by atoms with E-state index in [0.29, 0.717) is 30.5 Å². The largest absolute Gasteiger partial charge is 0.394 e. The van der Waals surface area contributed by atoms with Gasteiger partial charge in [0.05, 0.1) is 24.9 Å². The molecule has 2 rings (SSSR count). The Kier molecular flexibility index (Phi) is 4.91. The number of hydrogen-bond donors (Lipinski definition) is 2. The van der Waals surface area contributed by atoms with Crippen LogP contribution in [0.1, 0.15) is 52.9 Å². The van der Waals surface area contributed by atoms with Crippen molar-refractivity contribution >= 4 is 0 Å². The maximum atomic E-state index is 9.55. The van der Waals surface area contributed by atoms with E-state index < -0.39 is 5.54 Å². The average molecular weight is 269 g/mol. The van der Waals surface area contributed by atoms with Gasteiger partial charge in [0.1, 0.15) is 0 Å². The number of rotatable bonds is 6. The van der Waals surface area contributed by atoms with Crippen molar-refractivity contribution in [2.24, 2.45) is 29.4 Å². The fourth-order valence-corrected chi connectivity index (χ4v) is 3.52. The molecule has 0 aliphatic heterocycles. The van der Waals surface area contributed by atoms with E-state index in [4.69, 9.17) is 10.5 Å². The molecule has 0 saturated heterocycles. The molecule has 3 N–H and O–H groups in total. The lowest BCUT2D eigenvalue weighted by Gasteiger charge is -2.39. The van der Waals surface area contributed by atoms with Gasteiger partial charge in [-0.3, -0.25) is 0 Å². The van der Waals surface area contributed by atoms with Crippen molar-refractivity contribution in [2.45, 2.75) is 64.5 Å². The number of ether oxygens (including phenoxy) is 1. The Labute approximate surface area is 117 Å². The summed E-state index contributed by atoms with van der Waals surface area (Å²) < 4.78 is 6.20. The third-order valence-electron chi connectivity index (χ3n) is 5.21. The van der Waals surface area contributed by atoms with Gasteiger partial charge in [0, 0.05) is 0 Å². The third kappa shape index (κ3) is 3.71. The van der Waals surface area contributed by atoms with E-state index in [9.17, 15) is 5.11 Å². The Morgan fingerprint density at radius 2 is 1.95 bits per heavy atom. The Hall–Kier alpha value is -0.120. The smallest absolute Gasteiger partial charge is 0.0675 e. The van der Waals surface area contributed by atoms with E-state index in [1.54, 1.807) is 0 Å². The highest BCUT2D eigenvalue weighted by atomic mass is 16.5. The lowest BCUT2D eigenvalue weighted by atomic mass is 9.75. The maximum absolute atomic E-state index is 9.55. The molecule has 2 saturated carbocycles. The zero-order valence-corrected chi connectivity index (χ0v) is 12.8. The van der Waals surface area contributed by atoms with Gasteiger partial charge >= 0.3 is 0 Å². The van der Waals surface area contributed by atoms with E-state index in [-0.39, 0.29) is 6.61 Å². The second-order valence-corrected chi connectivity index (χ2v) is 7.34. The topological polar surface area (TPSA) is 55.5 Å². The molecule has 0 spiro atoms. The number of nitrogens with two attached hydrogens (primary N) is 1. The van der Waals surface area contributed by atoms with Crippen LogP contribution in [0.3, 0.4) is 0 Å². The van der Waals surface area contributed by atoms with Crippen molar-refractivity contribution in [3.63, 3.8) is 0 Å². The van der Waals surface area contributed by atoms with Gasteiger partial charge in [-0.1, -0.05) is 27.2 Å². The van der Waals surface area contributed by atoms with Crippen LogP contribution in [0.4, 0.5) is 0 Å². The summed E-state index contributed by atoms with van der Waals surface area (Å²) in [6.07, 6.45) is 6.36. The molecule has 2 aliphatic rings. The molecule has 0 aromatic rings. The van der Waals surface area contributed by atoms with Gasteiger partial charge in [-0.2, -0.15) is 0 Å². The molecule has 4 unspecified atom stereocenters. The molecule has 19 heavy (non-hydrogen) atoms. The van der Waals surface area contributed by atoms with Crippen LogP contribution in [0.25, 0.3) is 0 Å². The van der Waals surface area contributed by atoms with Crippen molar-refractivity contribution in [1.82, 2.24) is 0 Å². The first-order chi connectivity index (χ1) is 8.96. The Bertz CT molecular complexity index is 290. The quantitative estimate of drug-likeness (QED) is 0.779. The van der Waals surface area contributed by atoms with Crippen molar-refractivity contribution in [1.29, 1.82) is 0 Å². The lowest BCUT2D eigenvalue weighted by Crippen LogP contribution is -2.52. The van der Waals surface area contributed by atoms with Crippen LogP contribution < -0.4 is 5.73 Å². The minimum atomic E-state index is -0.498. The zero-order valence-electron chi connectivity index (χ0n) is 12.8. The highest BCUT2D eigenvalue weighted by Crippen LogP contribution is 2.40. The number of aliphatic hydroxyl groups excluding tert-OH is 1. The van der Waals surface area contributed by atoms with Crippen molar-refractivity contribution in [2.75, 3.05) is 13.2 Å². The van der Waals surface area contributed by atoms with Gasteiger partial charge in [-0.15, -0.1) is 0 Å². The van der Waals surface area contributed by atoms with Gasteiger partial charge < -0.3 is 15.6 Å². The third-order valence-corrected chi connectivity index (χ3v) is 5.21. The van der Waals surface area contributed by atoms with Gasteiger partial charge in [-0.05, 0) is 49.4 Å². The second kappa shape index (κ2) is 6.11. The SMILES string of the molecule is CC1CCC(C(C)C)C(OCC(N)(CO)C2CC2)C1. The summed E-state index contributed by atoms with van der Waals surface area (Å²) in [5.74, 6) is 2.54.